The van der Waals surface area contributed by atoms with Gasteiger partial charge in [0, 0.05) is 5.56 Å². The number of phenols is 2. The second-order valence-corrected chi connectivity index (χ2v) is 8.29. The Morgan fingerprint density at radius 1 is 0.848 bits per heavy atom. The van der Waals surface area contributed by atoms with Crippen LogP contribution in [0.4, 0.5) is 0 Å². The van der Waals surface area contributed by atoms with Gasteiger partial charge in [0.2, 0.25) is 0 Å². The largest absolute Gasteiger partial charge is 0.508 e. The first-order valence-corrected chi connectivity index (χ1v) is 10.9. The third-order valence-corrected chi connectivity index (χ3v) is 5.49. The van der Waals surface area contributed by atoms with Crippen molar-refractivity contribution in [3.05, 3.63) is 65.2 Å². The molecule has 5 nitrogen and oxygen atoms in total. The van der Waals surface area contributed by atoms with E-state index >= 15 is 0 Å². The summed E-state index contributed by atoms with van der Waals surface area (Å²) in [5, 5.41) is 20.9. The smallest absolute Gasteiger partial charge is 0.170 e. The normalized spacial score (nSPS) is 10.6. The lowest BCUT2D eigenvalue weighted by molar-refractivity contribution is 0.320. The Kier molecular flexibility index (Phi) is 7.54. The quantitative estimate of drug-likeness (QED) is 0.293. The van der Waals surface area contributed by atoms with E-state index in [2.05, 4.69) is 19.9 Å². The van der Waals surface area contributed by atoms with Gasteiger partial charge in [-0.1, -0.05) is 23.8 Å². The second-order valence-electron chi connectivity index (χ2n) is 8.29. The summed E-state index contributed by atoms with van der Waals surface area (Å²) < 4.78 is 17.3. The highest BCUT2D eigenvalue weighted by Gasteiger charge is 2.22. The summed E-state index contributed by atoms with van der Waals surface area (Å²) in [6, 6.07) is 12.5. The van der Waals surface area contributed by atoms with Gasteiger partial charge in [0.25, 0.3) is 0 Å². The van der Waals surface area contributed by atoms with Crippen LogP contribution in [0.3, 0.4) is 0 Å². The standard InChI is InChI=1S/C28H32O5/c1-17(2)8-7-13-33-27-18(3)14-21(15-19(27)4)25-24(31-5)16-23(28(32-6)26(25)30)20-9-11-22(29)12-10-20/h8-12,14-16,29-30H,7,13H2,1-6H3. The van der Waals surface area contributed by atoms with Crippen molar-refractivity contribution in [2.24, 2.45) is 0 Å². The van der Waals surface area contributed by atoms with Crippen LogP contribution < -0.4 is 14.2 Å². The number of aryl methyl sites for hydroxylation is 2. The number of benzene rings is 3. The molecular formula is C28H32O5. The van der Waals surface area contributed by atoms with Crippen LogP contribution in [0.2, 0.25) is 0 Å². The van der Waals surface area contributed by atoms with E-state index in [0.29, 0.717) is 29.2 Å². The number of ether oxygens (including phenoxy) is 3. The maximum absolute atomic E-state index is 11.2. The fraction of sp³-hybridized carbons (Fsp3) is 0.286. The van der Waals surface area contributed by atoms with Crippen molar-refractivity contribution in [3.63, 3.8) is 0 Å². The summed E-state index contributed by atoms with van der Waals surface area (Å²) in [5.41, 5.74) is 6.05. The number of hydrogen-bond donors (Lipinski definition) is 2. The Bertz CT molecular complexity index is 1130. The predicted molar refractivity (Wildman–Crippen MR) is 133 cm³/mol. The Balaban J connectivity index is 2.07. The van der Waals surface area contributed by atoms with E-state index in [9.17, 15) is 10.2 Å². The zero-order valence-electron chi connectivity index (χ0n) is 20.2. The van der Waals surface area contributed by atoms with E-state index in [4.69, 9.17) is 14.2 Å². The number of hydrogen-bond acceptors (Lipinski definition) is 5. The van der Waals surface area contributed by atoms with E-state index in [1.807, 2.05) is 32.0 Å². The van der Waals surface area contributed by atoms with Gasteiger partial charge in [-0.3, -0.25) is 0 Å². The average molecular weight is 449 g/mol. The second kappa shape index (κ2) is 10.3. The lowest BCUT2D eigenvalue weighted by atomic mass is 9.94. The molecule has 3 aromatic carbocycles. The molecule has 0 amide bonds. The van der Waals surface area contributed by atoms with E-state index in [0.717, 1.165) is 34.4 Å². The minimum Gasteiger partial charge on any atom is -0.508 e. The van der Waals surface area contributed by atoms with E-state index in [1.54, 1.807) is 31.4 Å². The van der Waals surface area contributed by atoms with Crippen LogP contribution >= 0.6 is 0 Å². The highest BCUT2D eigenvalue weighted by molar-refractivity contribution is 5.88. The highest BCUT2D eigenvalue weighted by Crippen LogP contribution is 2.50. The van der Waals surface area contributed by atoms with Crippen LogP contribution in [0.15, 0.2) is 54.1 Å². The van der Waals surface area contributed by atoms with Crippen molar-refractivity contribution in [2.45, 2.75) is 34.1 Å². The fourth-order valence-corrected chi connectivity index (χ4v) is 3.96. The van der Waals surface area contributed by atoms with Gasteiger partial charge in [-0.15, -0.1) is 0 Å². The summed E-state index contributed by atoms with van der Waals surface area (Å²) in [4.78, 5) is 0. The maximum atomic E-state index is 11.2. The first kappa shape index (κ1) is 24.1. The number of phenolic OH excluding ortho intramolecular Hbond substituents is 2. The molecule has 0 spiro atoms. The molecule has 0 aliphatic rings. The molecule has 0 aliphatic carbocycles. The zero-order chi connectivity index (χ0) is 24.1. The number of rotatable bonds is 8. The monoisotopic (exact) mass is 448 g/mol. The average Bonchev–Trinajstić information content (AvgIpc) is 2.77. The Labute approximate surface area is 195 Å². The first-order valence-electron chi connectivity index (χ1n) is 10.9. The molecule has 2 N–H and O–H groups in total. The number of methoxy groups -OCH3 is 2. The molecule has 0 fully saturated rings. The molecule has 0 saturated carbocycles. The molecule has 33 heavy (non-hydrogen) atoms. The van der Waals surface area contributed by atoms with Gasteiger partial charge >= 0.3 is 0 Å². The molecule has 3 aromatic rings. The van der Waals surface area contributed by atoms with Crippen molar-refractivity contribution >= 4 is 0 Å². The molecule has 0 saturated heterocycles. The van der Waals surface area contributed by atoms with Gasteiger partial charge in [-0.05, 0) is 86.7 Å². The molecule has 5 heteroatoms. The van der Waals surface area contributed by atoms with Crippen molar-refractivity contribution in [1.29, 1.82) is 0 Å². The fourth-order valence-electron chi connectivity index (χ4n) is 3.96. The summed E-state index contributed by atoms with van der Waals surface area (Å²) in [6.07, 6.45) is 3.01. The molecule has 0 radical (unpaired) electrons. The van der Waals surface area contributed by atoms with Gasteiger partial charge < -0.3 is 24.4 Å². The highest BCUT2D eigenvalue weighted by atomic mass is 16.5. The molecule has 0 heterocycles. The third-order valence-electron chi connectivity index (χ3n) is 5.49. The Hall–Kier alpha value is -3.60. The van der Waals surface area contributed by atoms with Crippen LogP contribution in [0.5, 0.6) is 28.7 Å². The Morgan fingerprint density at radius 2 is 1.48 bits per heavy atom. The minimum absolute atomic E-state index is 0.00375. The van der Waals surface area contributed by atoms with Crippen LogP contribution in [-0.2, 0) is 0 Å². The van der Waals surface area contributed by atoms with Gasteiger partial charge in [-0.25, -0.2) is 0 Å². The summed E-state index contributed by atoms with van der Waals surface area (Å²) in [5.74, 6) is 1.88. The van der Waals surface area contributed by atoms with Gasteiger partial charge in [0.1, 0.15) is 17.2 Å². The lowest BCUT2D eigenvalue weighted by Crippen LogP contribution is -2.01. The molecule has 174 valence electrons. The van der Waals surface area contributed by atoms with Crippen molar-refractivity contribution in [2.75, 3.05) is 20.8 Å². The minimum atomic E-state index is -0.00375. The van der Waals surface area contributed by atoms with Gasteiger partial charge in [-0.2, -0.15) is 0 Å². The summed E-state index contributed by atoms with van der Waals surface area (Å²) in [6.45, 7) is 8.76. The van der Waals surface area contributed by atoms with Crippen LogP contribution in [0, 0.1) is 13.8 Å². The zero-order valence-corrected chi connectivity index (χ0v) is 20.2. The van der Waals surface area contributed by atoms with Crippen molar-refractivity contribution < 1.29 is 24.4 Å². The SMILES string of the molecule is COc1cc(-c2ccc(O)cc2)c(OC)c(O)c1-c1cc(C)c(OCCC=C(C)C)c(C)c1. The third kappa shape index (κ3) is 5.25. The van der Waals surface area contributed by atoms with Gasteiger partial charge in [0.15, 0.2) is 11.5 Å². The van der Waals surface area contributed by atoms with Crippen LogP contribution in [0.1, 0.15) is 31.4 Å². The maximum Gasteiger partial charge on any atom is 0.170 e. The van der Waals surface area contributed by atoms with Crippen LogP contribution in [0.25, 0.3) is 22.3 Å². The molecule has 0 unspecified atom stereocenters. The van der Waals surface area contributed by atoms with E-state index in [-0.39, 0.29) is 11.5 Å². The number of aromatic hydroxyl groups is 2. The molecule has 0 bridgehead atoms. The molecule has 0 atom stereocenters. The van der Waals surface area contributed by atoms with Crippen molar-refractivity contribution in [3.8, 4) is 51.0 Å². The number of allylic oxidation sites excluding steroid dienone is 1. The molecule has 0 aliphatic heterocycles. The molecular weight excluding hydrogens is 416 g/mol. The Morgan fingerprint density at radius 3 is 2.03 bits per heavy atom. The van der Waals surface area contributed by atoms with E-state index in [1.165, 1.54) is 12.7 Å². The lowest BCUT2D eigenvalue weighted by Gasteiger charge is -2.20. The van der Waals surface area contributed by atoms with E-state index < -0.39 is 0 Å². The van der Waals surface area contributed by atoms with Crippen molar-refractivity contribution in [1.82, 2.24) is 0 Å². The summed E-state index contributed by atoms with van der Waals surface area (Å²) >= 11 is 0. The molecule has 3 rings (SSSR count). The van der Waals surface area contributed by atoms with Gasteiger partial charge in [0.05, 0.1) is 26.4 Å². The summed E-state index contributed by atoms with van der Waals surface area (Å²) in [7, 11) is 3.10. The molecule has 0 aromatic heterocycles. The first-order chi connectivity index (χ1) is 15.8. The topological polar surface area (TPSA) is 68.2 Å². The van der Waals surface area contributed by atoms with Crippen LogP contribution in [-0.4, -0.2) is 31.0 Å². The predicted octanol–water partition coefficient (Wildman–Crippen LogP) is 6.80.